The Kier molecular flexibility index (Phi) is 5.46. The summed E-state index contributed by atoms with van der Waals surface area (Å²) in [6.07, 6.45) is 2.92. The van der Waals surface area contributed by atoms with E-state index < -0.39 is 5.60 Å². The number of aliphatic hydroxyl groups is 1. The number of β-amino-alcohol motifs (C(OH)–C–C–N with tert-alkyl or cyclic N) is 1. The molecule has 6 nitrogen and oxygen atoms in total. The van der Waals surface area contributed by atoms with Gasteiger partial charge in [-0.15, -0.1) is 0 Å². The SMILES string of the molecule is Cc1cc(N2CC[C@](O)(CNC(=O)CCc3ccc(F)cc3)C2)ncn1. The minimum atomic E-state index is -0.968. The summed E-state index contributed by atoms with van der Waals surface area (Å²) in [6.45, 7) is 3.20. The number of nitrogens with zero attached hydrogens (tertiary/aromatic N) is 3. The Morgan fingerprint density at radius 2 is 2.12 bits per heavy atom. The summed E-state index contributed by atoms with van der Waals surface area (Å²) in [5.74, 6) is 0.375. The highest BCUT2D eigenvalue weighted by molar-refractivity contribution is 5.76. The van der Waals surface area contributed by atoms with E-state index in [1.165, 1.54) is 18.5 Å². The van der Waals surface area contributed by atoms with E-state index >= 15 is 0 Å². The molecule has 0 spiro atoms. The lowest BCUT2D eigenvalue weighted by atomic mass is 10.0. The van der Waals surface area contributed by atoms with Crippen LogP contribution in [0.15, 0.2) is 36.7 Å². The second-order valence-corrected chi connectivity index (χ2v) is 6.82. The van der Waals surface area contributed by atoms with Crippen LogP contribution in [0.25, 0.3) is 0 Å². The monoisotopic (exact) mass is 358 g/mol. The molecule has 1 saturated heterocycles. The molecule has 1 fully saturated rings. The lowest BCUT2D eigenvalue weighted by molar-refractivity contribution is -0.122. The summed E-state index contributed by atoms with van der Waals surface area (Å²) < 4.78 is 12.9. The Labute approximate surface area is 152 Å². The highest BCUT2D eigenvalue weighted by Crippen LogP contribution is 2.25. The lowest BCUT2D eigenvalue weighted by Crippen LogP contribution is -2.45. The van der Waals surface area contributed by atoms with Gasteiger partial charge in [0.1, 0.15) is 23.6 Å². The molecule has 3 rings (SSSR count). The van der Waals surface area contributed by atoms with Gasteiger partial charge in [-0.1, -0.05) is 12.1 Å². The third-order valence-corrected chi connectivity index (χ3v) is 4.61. The van der Waals surface area contributed by atoms with Crippen LogP contribution in [0, 0.1) is 12.7 Å². The maximum atomic E-state index is 12.9. The molecule has 1 amide bonds. The van der Waals surface area contributed by atoms with Gasteiger partial charge in [-0.05, 0) is 37.5 Å². The molecule has 0 aliphatic carbocycles. The highest BCUT2D eigenvalue weighted by atomic mass is 19.1. The van der Waals surface area contributed by atoms with E-state index in [-0.39, 0.29) is 18.3 Å². The molecule has 2 heterocycles. The van der Waals surface area contributed by atoms with Crippen LogP contribution in [-0.4, -0.2) is 46.2 Å². The minimum absolute atomic E-state index is 0.126. The number of carbonyl (C=O) groups excluding carboxylic acids is 1. The molecule has 2 N–H and O–H groups in total. The minimum Gasteiger partial charge on any atom is -0.386 e. The van der Waals surface area contributed by atoms with Gasteiger partial charge in [-0.2, -0.15) is 0 Å². The molecule has 138 valence electrons. The average Bonchev–Trinajstić information content (AvgIpc) is 3.02. The first-order valence-electron chi connectivity index (χ1n) is 8.71. The molecule has 2 aromatic rings. The summed E-state index contributed by atoms with van der Waals surface area (Å²) in [5, 5.41) is 13.5. The van der Waals surface area contributed by atoms with Crippen LogP contribution in [-0.2, 0) is 11.2 Å². The van der Waals surface area contributed by atoms with Gasteiger partial charge in [0, 0.05) is 37.8 Å². The number of hydrogen-bond donors (Lipinski definition) is 2. The molecular weight excluding hydrogens is 335 g/mol. The lowest BCUT2D eigenvalue weighted by Gasteiger charge is -2.24. The number of hydrogen-bond acceptors (Lipinski definition) is 5. The van der Waals surface area contributed by atoms with Gasteiger partial charge in [-0.25, -0.2) is 14.4 Å². The van der Waals surface area contributed by atoms with Crippen molar-refractivity contribution in [2.75, 3.05) is 24.5 Å². The van der Waals surface area contributed by atoms with E-state index in [9.17, 15) is 14.3 Å². The van der Waals surface area contributed by atoms with Gasteiger partial charge >= 0.3 is 0 Å². The smallest absolute Gasteiger partial charge is 0.220 e. The van der Waals surface area contributed by atoms with Gasteiger partial charge in [0.2, 0.25) is 5.91 Å². The highest BCUT2D eigenvalue weighted by Gasteiger charge is 2.36. The zero-order chi connectivity index (χ0) is 18.6. The summed E-state index contributed by atoms with van der Waals surface area (Å²) in [5.41, 5.74) is 0.815. The van der Waals surface area contributed by atoms with E-state index in [0.29, 0.717) is 32.4 Å². The Bertz CT molecular complexity index is 768. The number of benzene rings is 1. The fourth-order valence-corrected chi connectivity index (χ4v) is 3.07. The van der Waals surface area contributed by atoms with Crippen molar-refractivity contribution in [2.24, 2.45) is 0 Å². The van der Waals surface area contributed by atoms with Gasteiger partial charge < -0.3 is 15.3 Å². The summed E-state index contributed by atoms with van der Waals surface area (Å²) >= 11 is 0. The standard InChI is InChI=1S/C19H23FN4O2/c1-14-10-17(23-13-22-14)24-9-8-19(26,12-24)11-21-18(25)7-4-15-2-5-16(20)6-3-15/h2-3,5-6,10,13,26H,4,7-9,11-12H2,1H3,(H,21,25)/t19-/m0/s1. The van der Waals surface area contributed by atoms with Crippen molar-refractivity contribution in [3.05, 3.63) is 53.7 Å². The van der Waals surface area contributed by atoms with E-state index in [0.717, 1.165) is 17.1 Å². The molecular formula is C19H23FN4O2. The molecule has 1 atom stereocenters. The largest absolute Gasteiger partial charge is 0.386 e. The molecule has 0 unspecified atom stereocenters. The summed E-state index contributed by atoms with van der Waals surface area (Å²) in [7, 11) is 0. The van der Waals surface area contributed by atoms with Crippen LogP contribution in [0.2, 0.25) is 0 Å². The van der Waals surface area contributed by atoms with Crippen molar-refractivity contribution < 1.29 is 14.3 Å². The molecule has 7 heteroatoms. The fourth-order valence-electron chi connectivity index (χ4n) is 3.07. The maximum absolute atomic E-state index is 12.9. The number of amides is 1. The molecule has 0 saturated carbocycles. The normalized spacial score (nSPS) is 19.6. The molecule has 0 radical (unpaired) electrons. The Hall–Kier alpha value is -2.54. The number of carbonyl (C=O) groups is 1. The number of anilines is 1. The van der Waals surface area contributed by atoms with Gasteiger partial charge in [0.25, 0.3) is 0 Å². The van der Waals surface area contributed by atoms with Crippen LogP contribution in [0.3, 0.4) is 0 Å². The Morgan fingerprint density at radius 3 is 2.85 bits per heavy atom. The predicted molar refractivity (Wildman–Crippen MR) is 96.3 cm³/mol. The Morgan fingerprint density at radius 1 is 1.35 bits per heavy atom. The van der Waals surface area contributed by atoms with Crippen LogP contribution in [0.4, 0.5) is 10.2 Å². The first-order valence-corrected chi connectivity index (χ1v) is 8.71. The van der Waals surface area contributed by atoms with Crippen LogP contribution in [0.1, 0.15) is 24.1 Å². The van der Waals surface area contributed by atoms with Crippen molar-refractivity contribution in [3.63, 3.8) is 0 Å². The molecule has 0 bridgehead atoms. The first-order chi connectivity index (χ1) is 12.4. The topological polar surface area (TPSA) is 78.4 Å². The van der Waals surface area contributed by atoms with Gasteiger partial charge in [0.05, 0.1) is 0 Å². The fraction of sp³-hybridized carbons (Fsp3) is 0.421. The molecule has 1 aliphatic rings. The quantitative estimate of drug-likeness (QED) is 0.820. The van der Waals surface area contributed by atoms with Crippen molar-refractivity contribution in [1.29, 1.82) is 0 Å². The predicted octanol–water partition coefficient (Wildman–Crippen LogP) is 1.61. The molecule has 1 aromatic heterocycles. The number of nitrogens with one attached hydrogen (secondary N) is 1. The number of aromatic nitrogens is 2. The summed E-state index contributed by atoms with van der Waals surface area (Å²) in [4.78, 5) is 22.4. The number of halogens is 1. The molecule has 1 aliphatic heterocycles. The second kappa shape index (κ2) is 7.78. The molecule has 1 aromatic carbocycles. The molecule has 26 heavy (non-hydrogen) atoms. The Balaban J connectivity index is 1.46. The van der Waals surface area contributed by atoms with Crippen LogP contribution < -0.4 is 10.2 Å². The summed E-state index contributed by atoms with van der Waals surface area (Å²) in [6, 6.07) is 8.01. The van der Waals surface area contributed by atoms with Crippen molar-refractivity contribution >= 4 is 11.7 Å². The zero-order valence-electron chi connectivity index (χ0n) is 14.8. The van der Waals surface area contributed by atoms with E-state index in [4.69, 9.17) is 0 Å². The second-order valence-electron chi connectivity index (χ2n) is 6.82. The first kappa shape index (κ1) is 18.3. The van der Waals surface area contributed by atoms with Crippen molar-refractivity contribution in [3.8, 4) is 0 Å². The van der Waals surface area contributed by atoms with Crippen molar-refractivity contribution in [1.82, 2.24) is 15.3 Å². The number of aryl methyl sites for hydroxylation is 2. The maximum Gasteiger partial charge on any atom is 0.220 e. The van der Waals surface area contributed by atoms with E-state index in [1.807, 2.05) is 17.9 Å². The zero-order valence-corrected chi connectivity index (χ0v) is 14.8. The number of rotatable bonds is 6. The van der Waals surface area contributed by atoms with Gasteiger partial charge in [-0.3, -0.25) is 4.79 Å². The van der Waals surface area contributed by atoms with E-state index in [1.54, 1.807) is 12.1 Å². The third-order valence-electron chi connectivity index (χ3n) is 4.61. The van der Waals surface area contributed by atoms with Crippen molar-refractivity contribution in [2.45, 2.75) is 31.8 Å². The van der Waals surface area contributed by atoms with E-state index in [2.05, 4.69) is 15.3 Å². The van der Waals surface area contributed by atoms with Gasteiger partial charge in [0.15, 0.2) is 0 Å². The van der Waals surface area contributed by atoms with Crippen LogP contribution in [0.5, 0.6) is 0 Å². The third kappa shape index (κ3) is 4.76. The van der Waals surface area contributed by atoms with Crippen LogP contribution >= 0.6 is 0 Å². The average molecular weight is 358 g/mol.